The van der Waals surface area contributed by atoms with Gasteiger partial charge in [-0.25, -0.2) is 9.97 Å². The van der Waals surface area contributed by atoms with Crippen LogP contribution in [0.15, 0.2) is 0 Å². The molecule has 4 heterocycles. The Labute approximate surface area is 119 Å². The van der Waals surface area contributed by atoms with Crippen LogP contribution in [0.3, 0.4) is 0 Å². The van der Waals surface area contributed by atoms with Gasteiger partial charge in [-0.3, -0.25) is 0 Å². The van der Waals surface area contributed by atoms with Crippen LogP contribution < -0.4 is 15.1 Å². The Balaban J connectivity index is 1.71. The van der Waals surface area contributed by atoms with Gasteiger partial charge >= 0.3 is 0 Å². The Kier molecular flexibility index (Phi) is 2.91. The fraction of sp³-hybridized carbons (Fsp3) is 0.714. The van der Waals surface area contributed by atoms with Gasteiger partial charge in [-0.2, -0.15) is 0 Å². The van der Waals surface area contributed by atoms with Gasteiger partial charge in [0.15, 0.2) is 11.6 Å². The lowest BCUT2D eigenvalue weighted by molar-refractivity contribution is 0.109. The van der Waals surface area contributed by atoms with E-state index < -0.39 is 0 Å². The average Bonchev–Trinajstić information content (AvgIpc) is 3.18. The van der Waals surface area contributed by atoms with Crippen LogP contribution in [0.2, 0.25) is 0 Å². The molecule has 20 heavy (non-hydrogen) atoms. The van der Waals surface area contributed by atoms with Gasteiger partial charge in [-0.05, 0) is 32.6 Å². The number of ether oxygens (including phenoxy) is 1. The summed E-state index contributed by atoms with van der Waals surface area (Å²) in [5, 5.41) is 3.48. The molecule has 0 bridgehead atoms. The van der Waals surface area contributed by atoms with E-state index in [0.717, 1.165) is 62.4 Å². The molecule has 1 N–H and O–H groups in total. The Morgan fingerprint density at radius 2 is 1.95 bits per heavy atom. The standard InChI is InChI=1S/C14H21N5O/c1-10-16-13(18-6-2-3-7-18)12-14(17-10)19(9-15-12)11-5-4-8-20-11/h11,15H,2-9H2,1H3. The third-order valence-corrected chi connectivity index (χ3v) is 4.34. The molecule has 0 amide bonds. The number of aromatic nitrogens is 2. The van der Waals surface area contributed by atoms with Crippen molar-refractivity contribution in [1.82, 2.24) is 9.97 Å². The van der Waals surface area contributed by atoms with E-state index in [-0.39, 0.29) is 6.23 Å². The molecule has 1 aromatic rings. The molecule has 4 rings (SSSR count). The molecule has 1 atom stereocenters. The lowest BCUT2D eigenvalue weighted by Gasteiger charge is -2.24. The number of hydrogen-bond donors (Lipinski definition) is 1. The summed E-state index contributed by atoms with van der Waals surface area (Å²) in [5.41, 5.74) is 1.09. The van der Waals surface area contributed by atoms with Crippen LogP contribution >= 0.6 is 0 Å². The molecular weight excluding hydrogens is 254 g/mol. The Morgan fingerprint density at radius 3 is 2.70 bits per heavy atom. The molecule has 0 aliphatic carbocycles. The highest BCUT2D eigenvalue weighted by Crippen LogP contribution is 2.40. The van der Waals surface area contributed by atoms with Gasteiger partial charge in [0, 0.05) is 19.7 Å². The summed E-state index contributed by atoms with van der Waals surface area (Å²) >= 11 is 0. The minimum absolute atomic E-state index is 0.171. The predicted molar refractivity (Wildman–Crippen MR) is 78.2 cm³/mol. The highest BCUT2D eigenvalue weighted by atomic mass is 16.5. The van der Waals surface area contributed by atoms with Crippen LogP contribution in [0, 0.1) is 6.92 Å². The molecule has 2 saturated heterocycles. The first-order valence-corrected chi connectivity index (χ1v) is 7.58. The SMILES string of the molecule is Cc1nc(N2CCCC2)c2c(n1)N(C1CCCO1)CN2. The number of nitrogens with zero attached hydrogens (tertiary/aromatic N) is 4. The minimum atomic E-state index is 0.171. The molecule has 1 aromatic heterocycles. The van der Waals surface area contributed by atoms with Crippen molar-refractivity contribution in [3.63, 3.8) is 0 Å². The summed E-state index contributed by atoms with van der Waals surface area (Å²) in [4.78, 5) is 14.0. The van der Waals surface area contributed by atoms with Crippen molar-refractivity contribution in [2.45, 2.75) is 38.8 Å². The molecular formula is C14H21N5O. The number of rotatable bonds is 2. The quantitative estimate of drug-likeness (QED) is 0.887. The first kappa shape index (κ1) is 12.2. The first-order chi connectivity index (χ1) is 9.83. The Hall–Kier alpha value is -1.56. The number of anilines is 3. The second-order valence-corrected chi connectivity index (χ2v) is 5.76. The van der Waals surface area contributed by atoms with Gasteiger partial charge < -0.3 is 19.9 Å². The van der Waals surface area contributed by atoms with Gasteiger partial charge in [0.25, 0.3) is 0 Å². The number of aryl methyl sites for hydroxylation is 1. The normalized spacial score (nSPS) is 25.1. The monoisotopic (exact) mass is 275 g/mol. The minimum Gasteiger partial charge on any atom is -0.362 e. The second-order valence-electron chi connectivity index (χ2n) is 5.76. The Bertz CT molecular complexity index is 509. The Morgan fingerprint density at radius 1 is 1.15 bits per heavy atom. The molecule has 6 nitrogen and oxygen atoms in total. The molecule has 0 spiro atoms. The van der Waals surface area contributed by atoms with Crippen LogP contribution in [-0.2, 0) is 4.74 Å². The fourth-order valence-corrected chi connectivity index (χ4v) is 3.35. The van der Waals surface area contributed by atoms with Crippen molar-refractivity contribution in [1.29, 1.82) is 0 Å². The van der Waals surface area contributed by atoms with Crippen molar-refractivity contribution in [3.8, 4) is 0 Å². The lowest BCUT2D eigenvalue weighted by atomic mass is 10.3. The van der Waals surface area contributed by atoms with E-state index in [1.807, 2.05) is 6.92 Å². The maximum atomic E-state index is 5.81. The van der Waals surface area contributed by atoms with E-state index in [4.69, 9.17) is 4.74 Å². The van der Waals surface area contributed by atoms with Gasteiger partial charge in [-0.1, -0.05) is 0 Å². The highest BCUT2D eigenvalue weighted by Gasteiger charge is 2.33. The second kappa shape index (κ2) is 4.77. The molecule has 3 aliphatic heterocycles. The van der Waals surface area contributed by atoms with Gasteiger partial charge in [0.05, 0.1) is 6.67 Å². The van der Waals surface area contributed by atoms with E-state index in [1.54, 1.807) is 0 Å². The molecule has 6 heteroatoms. The number of fused-ring (bicyclic) bond motifs is 1. The van der Waals surface area contributed by atoms with Crippen molar-refractivity contribution in [3.05, 3.63) is 5.82 Å². The van der Waals surface area contributed by atoms with E-state index in [9.17, 15) is 0 Å². The first-order valence-electron chi connectivity index (χ1n) is 7.58. The summed E-state index contributed by atoms with van der Waals surface area (Å²) < 4.78 is 5.81. The zero-order chi connectivity index (χ0) is 13.5. The average molecular weight is 275 g/mol. The molecule has 2 fully saturated rings. The van der Waals surface area contributed by atoms with Gasteiger partial charge in [0.2, 0.25) is 0 Å². The van der Waals surface area contributed by atoms with Crippen LogP contribution in [0.5, 0.6) is 0 Å². The fourth-order valence-electron chi connectivity index (χ4n) is 3.35. The van der Waals surface area contributed by atoms with E-state index in [1.165, 1.54) is 12.8 Å². The summed E-state index contributed by atoms with van der Waals surface area (Å²) in [6.07, 6.45) is 4.91. The molecule has 0 saturated carbocycles. The summed E-state index contributed by atoms with van der Waals surface area (Å²) in [6, 6.07) is 0. The molecule has 0 aromatic carbocycles. The summed E-state index contributed by atoms with van der Waals surface area (Å²) in [6.45, 7) is 5.82. The van der Waals surface area contributed by atoms with Crippen LogP contribution in [-0.4, -0.2) is 42.6 Å². The number of nitrogens with one attached hydrogen (secondary N) is 1. The number of hydrogen-bond acceptors (Lipinski definition) is 6. The topological polar surface area (TPSA) is 53.5 Å². The van der Waals surface area contributed by atoms with E-state index in [2.05, 4.69) is 25.1 Å². The van der Waals surface area contributed by atoms with Crippen molar-refractivity contribution in [2.24, 2.45) is 0 Å². The largest absolute Gasteiger partial charge is 0.362 e. The zero-order valence-electron chi connectivity index (χ0n) is 11.9. The third kappa shape index (κ3) is 1.90. The van der Waals surface area contributed by atoms with Crippen LogP contribution in [0.4, 0.5) is 17.3 Å². The maximum absolute atomic E-state index is 5.81. The third-order valence-electron chi connectivity index (χ3n) is 4.34. The summed E-state index contributed by atoms with van der Waals surface area (Å²) in [7, 11) is 0. The van der Waals surface area contributed by atoms with Crippen LogP contribution in [0.25, 0.3) is 0 Å². The smallest absolute Gasteiger partial charge is 0.161 e. The summed E-state index contributed by atoms with van der Waals surface area (Å²) in [5.74, 6) is 2.94. The van der Waals surface area contributed by atoms with Crippen molar-refractivity contribution >= 4 is 17.3 Å². The molecule has 3 aliphatic rings. The molecule has 0 radical (unpaired) electrons. The zero-order valence-corrected chi connectivity index (χ0v) is 11.9. The lowest BCUT2D eigenvalue weighted by Crippen LogP contribution is -2.34. The van der Waals surface area contributed by atoms with Crippen molar-refractivity contribution < 1.29 is 4.74 Å². The van der Waals surface area contributed by atoms with E-state index in [0.29, 0.717) is 0 Å². The molecule has 1 unspecified atom stereocenters. The van der Waals surface area contributed by atoms with Crippen molar-refractivity contribution in [2.75, 3.05) is 41.5 Å². The van der Waals surface area contributed by atoms with Gasteiger partial charge in [0.1, 0.15) is 17.7 Å². The molecule has 108 valence electrons. The maximum Gasteiger partial charge on any atom is 0.161 e. The van der Waals surface area contributed by atoms with E-state index >= 15 is 0 Å². The van der Waals surface area contributed by atoms with Crippen LogP contribution in [0.1, 0.15) is 31.5 Å². The predicted octanol–water partition coefficient (Wildman–Crippen LogP) is 1.71. The van der Waals surface area contributed by atoms with Gasteiger partial charge in [-0.15, -0.1) is 0 Å². The highest BCUT2D eigenvalue weighted by molar-refractivity contribution is 5.82.